The summed E-state index contributed by atoms with van der Waals surface area (Å²) in [5.74, 6) is 0.209. The second kappa shape index (κ2) is 4.03. The van der Waals surface area contributed by atoms with Crippen molar-refractivity contribution in [2.75, 3.05) is 0 Å². The van der Waals surface area contributed by atoms with Gasteiger partial charge < -0.3 is 9.15 Å². The zero-order valence-corrected chi connectivity index (χ0v) is 9.44. The van der Waals surface area contributed by atoms with Gasteiger partial charge in [-0.3, -0.25) is 0 Å². The van der Waals surface area contributed by atoms with Crippen LogP contribution in [0.3, 0.4) is 0 Å². The highest BCUT2D eigenvalue weighted by Crippen LogP contribution is 2.21. The fourth-order valence-corrected chi connectivity index (χ4v) is 2.07. The molecule has 0 saturated carbocycles. The van der Waals surface area contributed by atoms with E-state index in [0.717, 1.165) is 4.88 Å². The molecule has 0 radical (unpaired) electrons. The molecule has 1 aliphatic rings. The quantitative estimate of drug-likeness (QED) is 0.603. The van der Waals surface area contributed by atoms with Crippen LogP contribution in [0.4, 0.5) is 0 Å². The van der Waals surface area contributed by atoms with Crippen LogP contribution in [-0.4, -0.2) is 11.9 Å². The van der Waals surface area contributed by atoms with Crippen LogP contribution < -0.4 is 0 Å². The van der Waals surface area contributed by atoms with Gasteiger partial charge in [0.2, 0.25) is 0 Å². The standard InChI is InChI=1S/C12H7NO3S/c14-12-9(7-8-3-2-6-17-8)13-11(16-12)10-4-1-5-15-10/h1-7H/b9-7+. The number of hydrogen-bond acceptors (Lipinski definition) is 5. The second-order valence-electron chi connectivity index (χ2n) is 3.33. The lowest BCUT2D eigenvalue weighted by atomic mass is 10.3. The number of ether oxygens (including phenoxy) is 1. The van der Waals surface area contributed by atoms with Gasteiger partial charge in [0.05, 0.1) is 6.26 Å². The van der Waals surface area contributed by atoms with E-state index in [4.69, 9.17) is 9.15 Å². The summed E-state index contributed by atoms with van der Waals surface area (Å²) in [5.41, 5.74) is 0.291. The number of aliphatic imine (C=N–C) groups is 1. The molecular formula is C12H7NO3S. The van der Waals surface area contributed by atoms with Gasteiger partial charge in [-0.1, -0.05) is 6.07 Å². The van der Waals surface area contributed by atoms with Crippen LogP contribution in [0, 0.1) is 0 Å². The number of rotatable bonds is 2. The van der Waals surface area contributed by atoms with Gasteiger partial charge in [-0.05, 0) is 29.7 Å². The number of cyclic esters (lactones) is 1. The summed E-state index contributed by atoms with van der Waals surface area (Å²) in [6.45, 7) is 0. The summed E-state index contributed by atoms with van der Waals surface area (Å²) in [4.78, 5) is 16.6. The summed E-state index contributed by atoms with van der Waals surface area (Å²) < 4.78 is 10.1. The van der Waals surface area contributed by atoms with E-state index >= 15 is 0 Å². The Hall–Kier alpha value is -2.14. The van der Waals surface area contributed by atoms with Gasteiger partial charge >= 0.3 is 5.97 Å². The highest BCUT2D eigenvalue weighted by atomic mass is 32.1. The first-order chi connectivity index (χ1) is 8.33. The largest absolute Gasteiger partial charge is 0.459 e. The van der Waals surface area contributed by atoms with E-state index < -0.39 is 5.97 Å². The molecule has 84 valence electrons. The molecule has 0 saturated heterocycles. The first-order valence-electron chi connectivity index (χ1n) is 4.93. The number of hydrogen-bond donors (Lipinski definition) is 0. The Balaban J connectivity index is 1.95. The van der Waals surface area contributed by atoms with E-state index in [-0.39, 0.29) is 5.90 Å². The molecule has 2 aromatic rings. The van der Waals surface area contributed by atoms with Gasteiger partial charge in [0, 0.05) is 4.88 Å². The van der Waals surface area contributed by atoms with E-state index in [1.165, 1.54) is 17.6 Å². The third-order valence-corrected chi connectivity index (χ3v) is 2.99. The predicted octanol–water partition coefficient (Wildman–Crippen LogP) is 2.69. The van der Waals surface area contributed by atoms with Gasteiger partial charge in [0.15, 0.2) is 11.5 Å². The second-order valence-corrected chi connectivity index (χ2v) is 4.31. The molecular weight excluding hydrogens is 238 g/mol. The predicted molar refractivity (Wildman–Crippen MR) is 63.6 cm³/mol. The maximum atomic E-state index is 11.6. The van der Waals surface area contributed by atoms with Crippen molar-refractivity contribution in [1.82, 2.24) is 0 Å². The molecule has 3 heterocycles. The average molecular weight is 245 g/mol. The van der Waals surface area contributed by atoms with Crippen LogP contribution in [-0.2, 0) is 9.53 Å². The number of carbonyl (C=O) groups is 1. The minimum Gasteiger partial charge on any atom is -0.459 e. The third-order valence-electron chi connectivity index (χ3n) is 2.17. The molecule has 0 amide bonds. The van der Waals surface area contributed by atoms with Gasteiger partial charge in [0.25, 0.3) is 5.90 Å². The van der Waals surface area contributed by atoms with Crippen LogP contribution in [0.1, 0.15) is 10.6 Å². The zero-order valence-electron chi connectivity index (χ0n) is 8.62. The summed E-state index contributed by atoms with van der Waals surface area (Å²) in [6, 6.07) is 7.23. The molecule has 1 aliphatic heterocycles. The Bertz CT molecular complexity index is 594. The zero-order chi connectivity index (χ0) is 11.7. The van der Waals surface area contributed by atoms with E-state index in [1.54, 1.807) is 18.2 Å². The molecule has 0 bridgehead atoms. The van der Waals surface area contributed by atoms with E-state index in [1.807, 2.05) is 17.5 Å². The van der Waals surface area contributed by atoms with Crippen LogP contribution in [0.25, 0.3) is 6.08 Å². The lowest BCUT2D eigenvalue weighted by Crippen LogP contribution is -2.03. The third kappa shape index (κ3) is 1.92. The SMILES string of the molecule is O=C1OC(c2ccco2)=N/C1=C/c1cccs1. The first kappa shape index (κ1) is 10.0. The average Bonchev–Trinajstić information content (AvgIpc) is 3.02. The van der Waals surface area contributed by atoms with Crippen molar-refractivity contribution in [2.24, 2.45) is 4.99 Å². The van der Waals surface area contributed by atoms with Crippen molar-refractivity contribution in [2.45, 2.75) is 0 Å². The van der Waals surface area contributed by atoms with Crippen molar-refractivity contribution < 1.29 is 13.9 Å². The van der Waals surface area contributed by atoms with Gasteiger partial charge in [-0.25, -0.2) is 9.79 Å². The number of thiophene rings is 1. The fraction of sp³-hybridized carbons (Fsp3) is 0. The van der Waals surface area contributed by atoms with Crippen LogP contribution in [0.2, 0.25) is 0 Å². The molecule has 4 nitrogen and oxygen atoms in total. The minimum atomic E-state index is -0.454. The van der Waals surface area contributed by atoms with Crippen molar-refractivity contribution in [3.8, 4) is 0 Å². The highest BCUT2D eigenvalue weighted by molar-refractivity contribution is 7.10. The molecule has 0 unspecified atom stereocenters. The smallest absolute Gasteiger partial charge is 0.363 e. The molecule has 17 heavy (non-hydrogen) atoms. The number of esters is 1. The number of nitrogens with zero attached hydrogens (tertiary/aromatic N) is 1. The van der Waals surface area contributed by atoms with Gasteiger partial charge in [-0.15, -0.1) is 11.3 Å². The summed E-state index contributed by atoms with van der Waals surface area (Å²) in [7, 11) is 0. The normalized spacial score (nSPS) is 17.3. The Labute approximate surface area is 101 Å². The Morgan fingerprint density at radius 1 is 1.29 bits per heavy atom. The Morgan fingerprint density at radius 3 is 2.94 bits per heavy atom. The van der Waals surface area contributed by atoms with E-state index in [0.29, 0.717) is 11.5 Å². The van der Waals surface area contributed by atoms with Crippen molar-refractivity contribution in [3.63, 3.8) is 0 Å². The van der Waals surface area contributed by atoms with Crippen LogP contribution in [0.15, 0.2) is 51.0 Å². The van der Waals surface area contributed by atoms with E-state index in [9.17, 15) is 4.79 Å². The molecule has 0 N–H and O–H groups in total. The lowest BCUT2D eigenvalue weighted by molar-refractivity contribution is -0.130. The van der Waals surface area contributed by atoms with Crippen molar-refractivity contribution in [1.29, 1.82) is 0 Å². The highest BCUT2D eigenvalue weighted by Gasteiger charge is 2.25. The molecule has 5 heteroatoms. The Kier molecular flexibility index (Phi) is 2.38. The number of furan rings is 1. The molecule has 0 aromatic carbocycles. The molecule has 3 rings (SSSR count). The summed E-state index contributed by atoms with van der Waals surface area (Å²) in [6.07, 6.45) is 3.20. The molecule has 0 fully saturated rings. The lowest BCUT2D eigenvalue weighted by Gasteiger charge is -1.91. The number of carbonyl (C=O) groups excluding carboxylic acids is 1. The first-order valence-corrected chi connectivity index (χ1v) is 5.81. The molecule has 0 aliphatic carbocycles. The van der Waals surface area contributed by atoms with Crippen molar-refractivity contribution >= 4 is 29.3 Å². The minimum absolute atomic E-state index is 0.211. The van der Waals surface area contributed by atoms with Crippen LogP contribution in [0.5, 0.6) is 0 Å². The fourth-order valence-electron chi connectivity index (χ4n) is 1.42. The molecule has 0 atom stereocenters. The van der Waals surface area contributed by atoms with Gasteiger partial charge in [0.1, 0.15) is 0 Å². The van der Waals surface area contributed by atoms with Gasteiger partial charge in [-0.2, -0.15) is 0 Å². The monoisotopic (exact) mass is 245 g/mol. The molecule has 2 aromatic heterocycles. The maximum absolute atomic E-state index is 11.6. The van der Waals surface area contributed by atoms with Crippen LogP contribution >= 0.6 is 11.3 Å². The maximum Gasteiger partial charge on any atom is 0.363 e. The van der Waals surface area contributed by atoms with Crippen molar-refractivity contribution in [3.05, 3.63) is 52.2 Å². The molecule has 0 spiro atoms. The Morgan fingerprint density at radius 2 is 2.24 bits per heavy atom. The summed E-state index contributed by atoms with van der Waals surface area (Å²) in [5, 5.41) is 1.93. The topological polar surface area (TPSA) is 51.8 Å². The summed E-state index contributed by atoms with van der Waals surface area (Å²) >= 11 is 1.53. The van der Waals surface area contributed by atoms with E-state index in [2.05, 4.69) is 4.99 Å².